The summed E-state index contributed by atoms with van der Waals surface area (Å²) in [5.74, 6) is 6.05. The minimum Gasteiger partial charge on any atom is -0.457 e. The van der Waals surface area contributed by atoms with Gasteiger partial charge in [-0.15, -0.1) is 0 Å². The number of benzene rings is 4. The normalized spacial score (nSPS) is 19.2. The van der Waals surface area contributed by atoms with Crippen LogP contribution in [0.2, 0.25) is 0 Å². The lowest BCUT2D eigenvalue weighted by Gasteiger charge is -2.42. The van der Waals surface area contributed by atoms with Crippen LogP contribution in [0.25, 0.3) is 0 Å². The fourth-order valence-electron chi connectivity index (χ4n) is 8.72. The number of unbranched alkanes of at least 4 members (excludes halogenated alkanes) is 5. The van der Waals surface area contributed by atoms with Crippen molar-refractivity contribution in [1.82, 2.24) is 0 Å². The van der Waals surface area contributed by atoms with Crippen molar-refractivity contribution >= 4 is 11.4 Å². The number of anilines is 2. The Labute approximate surface area is 302 Å². The van der Waals surface area contributed by atoms with E-state index in [1.165, 1.54) is 120 Å². The van der Waals surface area contributed by atoms with Gasteiger partial charge in [0.15, 0.2) is 0 Å². The second-order valence-electron chi connectivity index (χ2n) is 15.4. The third-order valence-corrected chi connectivity index (χ3v) is 11.9. The van der Waals surface area contributed by atoms with E-state index < -0.39 is 0 Å². The Hall–Kier alpha value is -3.92. The maximum atomic E-state index is 6.16. The van der Waals surface area contributed by atoms with E-state index in [1.54, 1.807) is 0 Å². The van der Waals surface area contributed by atoms with Gasteiger partial charge >= 0.3 is 0 Å². The van der Waals surface area contributed by atoms with Crippen molar-refractivity contribution in [2.24, 2.45) is 17.8 Å². The molecule has 4 nitrogen and oxygen atoms in total. The van der Waals surface area contributed by atoms with Crippen LogP contribution in [0.1, 0.15) is 127 Å². The highest BCUT2D eigenvalue weighted by Gasteiger charge is 2.38. The summed E-state index contributed by atoms with van der Waals surface area (Å²) in [6.07, 6.45) is 23.6. The Morgan fingerprint density at radius 2 is 0.820 bits per heavy atom. The zero-order valence-electron chi connectivity index (χ0n) is 30.5. The maximum Gasteiger partial charge on any atom is 0.127 e. The van der Waals surface area contributed by atoms with Crippen molar-refractivity contribution in [2.75, 3.05) is 11.5 Å². The van der Waals surface area contributed by atoms with E-state index in [-0.39, 0.29) is 5.41 Å². The van der Waals surface area contributed by atoms with Gasteiger partial charge in [-0.1, -0.05) is 115 Å². The Kier molecular flexibility index (Phi) is 12.8. The lowest BCUT2D eigenvalue weighted by Crippen LogP contribution is -2.33. The largest absolute Gasteiger partial charge is 0.457 e. The van der Waals surface area contributed by atoms with E-state index in [1.807, 2.05) is 48.5 Å². The predicted octanol–water partition coefficient (Wildman–Crippen LogP) is 13.2. The van der Waals surface area contributed by atoms with Gasteiger partial charge in [0, 0.05) is 16.8 Å². The number of hydrogen-bond donors (Lipinski definition) is 2. The van der Waals surface area contributed by atoms with Crippen molar-refractivity contribution in [3.05, 3.63) is 108 Å². The summed E-state index contributed by atoms with van der Waals surface area (Å²) < 4.78 is 12.3. The van der Waals surface area contributed by atoms with E-state index >= 15 is 0 Å². The van der Waals surface area contributed by atoms with E-state index in [9.17, 15) is 0 Å². The second-order valence-corrected chi connectivity index (χ2v) is 15.4. The molecule has 0 amide bonds. The molecule has 0 radical (unpaired) electrons. The molecule has 4 heteroatoms. The van der Waals surface area contributed by atoms with Gasteiger partial charge in [-0.3, -0.25) is 0 Å². The summed E-state index contributed by atoms with van der Waals surface area (Å²) in [5, 5.41) is 0. The molecular weight excluding hydrogens is 613 g/mol. The van der Waals surface area contributed by atoms with E-state index in [2.05, 4.69) is 55.5 Å². The summed E-state index contributed by atoms with van der Waals surface area (Å²) in [5.41, 5.74) is 16.0. The number of ether oxygens (including phenoxy) is 2. The van der Waals surface area contributed by atoms with Crippen molar-refractivity contribution < 1.29 is 9.47 Å². The number of rotatable bonds is 16. The van der Waals surface area contributed by atoms with Crippen molar-refractivity contribution in [3.63, 3.8) is 0 Å². The van der Waals surface area contributed by atoms with Crippen LogP contribution in [0.3, 0.4) is 0 Å². The fourth-order valence-corrected chi connectivity index (χ4v) is 8.72. The fraction of sp³-hybridized carbons (Fsp3) is 0.478. The molecular formula is C46H60N2O2. The highest BCUT2D eigenvalue weighted by molar-refractivity contribution is 5.47. The highest BCUT2D eigenvalue weighted by atomic mass is 16.5. The van der Waals surface area contributed by atoms with Gasteiger partial charge in [0.25, 0.3) is 0 Å². The predicted molar refractivity (Wildman–Crippen MR) is 210 cm³/mol. The van der Waals surface area contributed by atoms with Crippen LogP contribution in [-0.2, 0) is 5.41 Å². The minimum absolute atomic E-state index is 0.0233. The van der Waals surface area contributed by atoms with Crippen molar-refractivity contribution in [3.8, 4) is 23.0 Å². The monoisotopic (exact) mass is 672 g/mol. The molecule has 50 heavy (non-hydrogen) atoms. The third-order valence-electron chi connectivity index (χ3n) is 11.9. The molecule has 6 rings (SSSR count). The van der Waals surface area contributed by atoms with Crippen molar-refractivity contribution in [1.29, 1.82) is 0 Å². The van der Waals surface area contributed by atoms with Gasteiger partial charge in [-0.05, 0) is 127 Å². The average molecular weight is 673 g/mol. The van der Waals surface area contributed by atoms with E-state index in [0.717, 1.165) is 52.1 Å². The van der Waals surface area contributed by atoms with Crippen LogP contribution in [0, 0.1) is 17.8 Å². The molecule has 2 fully saturated rings. The molecule has 0 aliphatic heterocycles. The average Bonchev–Trinajstić information content (AvgIpc) is 3.15. The second kappa shape index (κ2) is 17.8. The molecule has 4 aromatic rings. The highest BCUT2D eigenvalue weighted by Crippen LogP contribution is 2.49. The standard InChI is InChI=1S/C46H60N2O2/c1-2-3-4-5-6-7-8-35-9-11-36(12-10-35)13-14-37-31-33-46(34-32-37,38-15-23-42(24-16-38)49-44-27-19-40(47)20-28-44)39-17-25-43(26-18-39)50-45-29-21-41(48)22-30-45/h15-30,35-37H,2-14,31-34,47-48H2,1H3. The van der Waals surface area contributed by atoms with Crippen LogP contribution in [0.15, 0.2) is 97.1 Å². The molecule has 2 saturated carbocycles. The van der Waals surface area contributed by atoms with Gasteiger partial charge in [0.1, 0.15) is 23.0 Å². The van der Waals surface area contributed by atoms with E-state index in [4.69, 9.17) is 20.9 Å². The van der Waals surface area contributed by atoms with Gasteiger partial charge < -0.3 is 20.9 Å². The Morgan fingerprint density at radius 1 is 0.460 bits per heavy atom. The van der Waals surface area contributed by atoms with Crippen LogP contribution >= 0.6 is 0 Å². The maximum absolute atomic E-state index is 6.16. The molecule has 0 unspecified atom stereocenters. The third kappa shape index (κ3) is 9.86. The van der Waals surface area contributed by atoms with E-state index in [0.29, 0.717) is 0 Å². The van der Waals surface area contributed by atoms with Crippen LogP contribution in [-0.4, -0.2) is 0 Å². The number of nitrogen functional groups attached to an aromatic ring is 2. The van der Waals surface area contributed by atoms with Crippen LogP contribution in [0.4, 0.5) is 11.4 Å². The molecule has 0 heterocycles. The molecule has 0 saturated heterocycles. The Bertz CT molecular complexity index is 1450. The number of nitrogens with two attached hydrogens (primary N) is 2. The molecule has 0 atom stereocenters. The molecule has 2 aliphatic carbocycles. The SMILES string of the molecule is CCCCCCCCC1CCC(CCC2CCC(c3ccc(Oc4ccc(N)cc4)cc3)(c3ccc(Oc4ccc(N)cc4)cc3)CC2)CC1. The van der Waals surface area contributed by atoms with Crippen LogP contribution < -0.4 is 20.9 Å². The molecule has 0 bridgehead atoms. The van der Waals surface area contributed by atoms with Crippen molar-refractivity contribution in [2.45, 2.75) is 121 Å². The lowest BCUT2D eigenvalue weighted by atomic mass is 9.62. The quantitative estimate of drug-likeness (QED) is 0.0918. The number of hydrogen-bond acceptors (Lipinski definition) is 4. The summed E-state index contributed by atoms with van der Waals surface area (Å²) in [4.78, 5) is 0. The molecule has 4 aromatic carbocycles. The molecule has 0 aromatic heterocycles. The smallest absolute Gasteiger partial charge is 0.127 e. The summed E-state index contributed by atoms with van der Waals surface area (Å²) >= 11 is 0. The van der Waals surface area contributed by atoms with Gasteiger partial charge in [-0.2, -0.15) is 0 Å². The Morgan fingerprint density at radius 3 is 1.26 bits per heavy atom. The Balaban J connectivity index is 1.07. The van der Waals surface area contributed by atoms with Crippen LogP contribution in [0.5, 0.6) is 23.0 Å². The summed E-state index contributed by atoms with van der Waals surface area (Å²) in [6, 6.07) is 32.8. The summed E-state index contributed by atoms with van der Waals surface area (Å²) in [6.45, 7) is 2.31. The summed E-state index contributed by atoms with van der Waals surface area (Å²) in [7, 11) is 0. The molecule has 2 aliphatic rings. The molecule has 266 valence electrons. The van der Waals surface area contributed by atoms with Gasteiger partial charge in [-0.25, -0.2) is 0 Å². The molecule has 4 N–H and O–H groups in total. The zero-order valence-corrected chi connectivity index (χ0v) is 30.5. The minimum atomic E-state index is -0.0233. The first-order chi connectivity index (χ1) is 24.5. The first-order valence-electron chi connectivity index (χ1n) is 19.8. The topological polar surface area (TPSA) is 70.5 Å². The zero-order chi connectivity index (χ0) is 34.6. The first-order valence-corrected chi connectivity index (χ1v) is 19.8. The molecule has 0 spiro atoms. The van der Waals surface area contributed by atoms with Gasteiger partial charge in [0.2, 0.25) is 0 Å². The lowest BCUT2D eigenvalue weighted by molar-refractivity contribution is 0.208. The van der Waals surface area contributed by atoms with Gasteiger partial charge in [0.05, 0.1) is 0 Å². The first kappa shape index (κ1) is 35.9.